The van der Waals surface area contributed by atoms with Gasteiger partial charge in [-0.15, -0.1) is 0 Å². The molecule has 17 heavy (non-hydrogen) atoms. The van der Waals surface area contributed by atoms with E-state index in [1.165, 1.54) is 6.92 Å². The maximum atomic E-state index is 10.7. The van der Waals surface area contributed by atoms with Gasteiger partial charge in [0, 0.05) is 32.4 Å². The van der Waals surface area contributed by atoms with Crippen molar-refractivity contribution in [2.45, 2.75) is 32.1 Å². The van der Waals surface area contributed by atoms with Crippen LogP contribution >= 0.6 is 0 Å². The van der Waals surface area contributed by atoms with Crippen LogP contribution in [0.2, 0.25) is 0 Å². The minimum absolute atomic E-state index is 0.0145. The number of hydrogen-bond donors (Lipinski definition) is 1. The van der Waals surface area contributed by atoms with E-state index in [2.05, 4.69) is 15.5 Å². The van der Waals surface area contributed by atoms with Gasteiger partial charge < -0.3 is 14.6 Å². The van der Waals surface area contributed by atoms with Gasteiger partial charge in [0.2, 0.25) is 11.8 Å². The van der Waals surface area contributed by atoms with Gasteiger partial charge in [0.05, 0.1) is 6.61 Å². The summed E-state index contributed by atoms with van der Waals surface area (Å²) in [5.41, 5.74) is 0. The van der Waals surface area contributed by atoms with Crippen LogP contribution in [0.15, 0.2) is 4.52 Å². The van der Waals surface area contributed by atoms with E-state index in [9.17, 15) is 4.79 Å². The second-order valence-electron chi connectivity index (χ2n) is 4.19. The van der Waals surface area contributed by atoms with Crippen LogP contribution in [0, 0.1) is 0 Å². The molecule has 2 rings (SSSR count). The molecule has 6 heteroatoms. The van der Waals surface area contributed by atoms with Gasteiger partial charge in [0.15, 0.2) is 5.82 Å². The van der Waals surface area contributed by atoms with E-state index >= 15 is 0 Å². The summed E-state index contributed by atoms with van der Waals surface area (Å²) in [5.74, 6) is 1.65. The van der Waals surface area contributed by atoms with E-state index in [4.69, 9.17) is 9.26 Å². The Morgan fingerprint density at radius 3 is 3.18 bits per heavy atom. The van der Waals surface area contributed by atoms with E-state index in [0.29, 0.717) is 25.5 Å². The lowest BCUT2D eigenvalue weighted by atomic mass is 10.1. The Morgan fingerprint density at radius 2 is 2.47 bits per heavy atom. The lowest BCUT2D eigenvalue weighted by Gasteiger charge is -1.99. The van der Waals surface area contributed by atoms with Crippen molar-refractivity contribution in [1.82, 2.24) is 15.5 Å². The first-order chi connectivity index (χ1) is 8.25. The molecule has 1 aromatic heterocycles. The van der Waals surface area contributed by atoms with E-state index in [0.717, 1.165) is 25.3 Å². The van der Waals surface area contributed by atoms with Gasteiger partial charge in [0.25, 0.3) is 0 Å². The number of aromatic nitrogens is 2. The van der Waals surface area contributed by atoms with Gasteiger partial charge in [-0.3, -0.25) is 4.79 Å². The minimum Gasteiger partial charge on any atom is -0.381 e. The molecule has 1 amide bonds. The van der Waals surface area contributed by atoms with Crippen molar-refractivity contribution >= 4 is 5.91 Å². The molecule has 0 aromatic carbocycles. The van der Waals surface area contributed by atoms with Gasteiger partial charge in [-0.25, -0.2) is 0 Å². The molecule has 1 aromatic rings. The summed E-state index contributed by atoms with van der Waals surface area (Å²) in [6, 6.07) is 0. The normalized spacial score (nSPS) is 19.5. The Bertz CT molecular complexity index is 372. The number of nitrogens with zero attached hydrogens (tertiary/aromatic N) is 2. The topological polar surface area (TPSA) is 77.2 Å². The molecule has 0 spiro atoms. The summed E-state index contributed by atoms with van der Waals surface area (Å²) in [6.07, 6.45) is 2.47. The highest BCUT2D eigenvalue weighted by Gasteiger charge is 2.22. The van der Waals surface area contributed by atoms with Gasteiger partial charge in [-0.1, -0.05) is 5.16 Å². The Labute approximate surface area is 99.7 Å². The van der Waals surface area contributed by atoms with Gasteiger partial charge in [-0.2, -0.15) is 4.98 Å². The predicted octanol–water partition coefficient (Wildman–Crippen LogP) is 0.642. The molecule has 1 fully saturated rings. The Balaban J connectivity index is 1.75. The largest absolute Gasteiger partial charge is 0.381 e. The molecule has 1 atom stereocenters. The van der Waals surface area contributed by atoms with Crippen molar-refractivity contribution in [1.29, 1.82) is 0 Å². The summed E-state index contributed by atoms with van der Waals surface area (Å²) in [6.45, 7) is 3.60. The number of rotatable bonds is 5. The van der Waals surface area contributed by atoms with Crippen LogP contribution in [-0.4, -0.2) is 35.8 Å². The third-order valence-electron chi connectivity index (χ3n) is 2.72. The second kappa shape index (κ2) is 5.77. The zero-order chi connectivity index (χ0) is 12.1. The zero-order valence-electron chi connectivity index (χ0n) is 9.94. The number of hydrogen-bond acceptors (Lipinski definition) is 5. The molecule has 1 saturated heterocycles. The molecule has 0 bridgehead atoms. The standard InChI is InChI=1S/C11H17N3O3/c1-8(15)12-5-2-3-10-13-11(14-17-10)9-4-6-16-7-9/h9H,2-7H2,1H3,(H,12,15)/t9-/m0/s1. The zero-order valence-corrected chi connectivity index (χ0v) is 9.94. The number of ether oxygens (including phenoxy) is 1. The summed E-state index contributed by atoms with van der Waals surface area (Å²) >= 11 is 0. The van der Waals surface area contributed by atoms with E-state index < -0.39 is 0 Å². The van der Waals surface area contributed by atoms with Gasteiger partial charge in [-0.05, 0) is 12.8 Å². The molecule has 2 heterocycles. The molecular weight excluding hydrogens is 222 g/mol. The molecule has 0 unspecified atom stereocenters. The lowest BCUT2D eigenvalue weighted by Crippen LogP contribution is -2.21. The maximum Gasteiger partial charge on any atom is 0.226 e. The van der Waals surface area contributed by atoms with Crippen LogP contribution in [0.4, 0.5) is 0 Å². The third kappa shape index (κ3) is 3.52. The maximum absolute atomic E-state index is 10.7. The first kappa shape index (κ1) is 12.0. The highest BCUT2D eigenvalue weighted by molar-refractivity contribution is 5.72. The molecule has 6 nitrogen and oxygen atoms in total. The van der Waals surface area contributed by atoms with Crippen molar-refractivity contribution < 1.29 is 14.1 Å². The van der Waals surface area contributed by atoms with Crippen LogP contribution in [0.25, 0.3) is 0 Å². The fourth-order valence-electron chi connectivity index (χ4n) is 1.78. The van der Waals surface area contributed by atoms with Crippen molar-refractivity contribution in [2.24, 2.45) is 0 Å². The minimum atomic E-state index is -0.0145. The van der Waals surface area contributed by atoms with Gasteiger partial charge in [0.1, 0.15) is 0 Å². The smallest absolute Gasteiger partial charge is 0.226 e. The summed E-state index contributed by atoms with van der Waals surface area (Å²) in [5, 5.41) is 6.69. The quantitative estimate of drug-likeness (QED) is 0.763. The molecule has 94 valence electrons. The van der Waals surface area contributed by atoms with E-state index in [1.807, 2.05) is 0 Å². The first-order valence-electron chi connectivity index (χ1n) is 5.90. The molecule has 0 saturated carbocycles. The lowest BCUT2D eigenvalue weighted by molar-refractivity contribution is -0.118. The molecule has 1 aliphatic heterocycles. The molecule has 1 aliphatic rings. The first-order valence-corrected chi connectivity index (χ1v) is 5.90. The number of carbonyl (C=O) groups is 1. The average molecular weight is 239 g/mol. The fraction of sp³-hybridized carbons (Fsp3) is 0.727. The highest BCUT2D eigenvalue weighted by Crippen LogP contribution is 2.22. The Morgan fingerprint density at radius 1 is 1.59 bits per heavy atom. The van der Waals surface area contributed by atoms with Crippen LogP contribution < -0.4 is 5.32 Å². The van der Waals surface area contributed by atoms with Crippen LogP contribution in [0.3, 0.4) is 0 Å². The van der Waals surface area contributed by atoms with Crippen LogP contribution in [-0.2, 0) is 16.0 Å². The van der Waals surface area contributed by atoms with E-state index in [1.54, 1.807) is 0 Å². The van der Waals surface area contributed by atoms with Gasteiger partial charge >= 0.3 is 0 Å². The van der Waals surface area contributed by atoms with Crippen molar-refractivity contribution in [2.75, 3.05) is 19.8 Å². The Hall–Kier alpha value is -1.43. The second-order valence-corrected chi connectivity index (χ2v) is 4.19. The van der Waals surface area contributed by atoms with Crippen molar-refractivity contribution in [3.63, 3.8) is 0 Å². The third-order valence-corrected chi connectivity index (χ3v) is 2.72. The fourth-order valence-corrected chi connectivity index (χ4v) is 1.78. The number of carbonyl (C=O) groups excluding carboxylic acids is 1. The SMILES string of the molecule is CC(=O)NCCCc1nc([C@H]2CCOC2)no1. The van der Waals surface area contributed by atoms with Crippen LogP contribution in [0.5, 0.6) is 0 Å². The molecular formula is C11H17N3O3. The number of amides is 1. The number of aryl methyl sites for hydroxylation is 1. The van der Waals surface area contributed by atoms with Crippen molar-refractivity contribution in [3.05, 3.63) is 11.7 Å². The average Bonchev–Trinajstić information content (AvgIpc) is 2.94. The molecule has 0 radical (unpaired) electrons. The van der Waals surface area contributed by atoms with Crippen molar-refractivity contribution in [3.8, 4) is 0 Å². The summed E-state index contributed by atoms with van der Waals surface area (Å²) in [4.78, 5) is 15.0. The summed E-state index contributed by atoms with van der Waals surface area (Å²) in [7, 11) is 0. The highest BCUT2D eigenvalue weighted by atomic mass is 16.5. The van der Waals surface area contributed by atoms with E-state index in [-0.39, 0.29) is 11.8 Å². The molecule has 0 aliphatic carbocycles. The predicted molar refractivity (Wildman–Crippen MR) is 59.5 cm³/mol. The van der Waals surface area contributed by atoms with Crippen LogP contribution in [0.1, 0.15) is 37.4 Å². The Kier molecular flexibility index (Phi) is 4.08. The number of nitrogens with one attached hydrogen (secondary N) is 1. The monoisotopic (exact) mass is 239 g/mol. The molecule has 1 N–H and O–H groups in total. The summed E-state index contributed by atoms with van der Waals surface area (Å²) < 4.78 is 10.4.